The van der Waals surface area contributed by atoms with Crippen molar-refractivity contribution in [3.05, 3.63) is 65.6 Å². The Morgan fingerprint density at radius 3 is 2.43 bits per heavy atom. The number of benzene rings is 2. The van der Waals surface area contributed by atoms with Crippen molar-refractivity contribution in [3.8, 4) is 0 Å². The number of unbranched alkanes of at least 4 members (excludes halogenated alkanes) is 1. The van der Waals surface area contributed by atoms with E-state index in [1.807, 2.05) is 51.1 Å². The van der Waals surface area contributed by atoms with E-state index in [0.29, 0.717) is 24.9 Å². The van der Waals surface area contributed by atoms with Crippen LogP contribution in [0.3, 0.4) is 0 Å². The molecule has 35 heavy (non-hydrogen) atoms. The molecule has 9 heteroatoms. The zero-order chi connectivity index (χ0) is 25.6. The fourth-order valence-corrected chi connectivity index (χ4v) is 3.98. The van der Waals surface area contributed by atoms with Crippen LogP contribution < -0.4 is 16.4 Å². The van der Waals surface area contributed by atoms with Crippen LogP contribution in [0.4, 0.5) is 4.39 Å². The van der Waals surface area contributed by atoms with Gasteiger partial charge in [-0.15, -0.1) is 0 Å². The Labute approximate surface area is 204 Å². The molecule has 1 heterocycles. The van der Waals surface area contributed by atoms with Gasteiger partial charge in [0.1, 0.15) is 17.4 Å². The number of nitrogens with two attached hydrogens (primary N) is 1. The predicted molar refractivity (Wildman–Crippen MR) is 133 cm³/mol. The molecule has 1 unspecified atom stereocenters. The molecule has 3 rings (SSSR count). The van der Waals surface area contributed by atoms with Crippen molar-refractivity contribution in [2.24, 2.45) is 11.1 Å². The minimum Gasteiger partial charge on any atom is -0.394 e. The Bertz CT molecular complexity index is 1160. The first-order chi connectivity index (χ1) is 16.7. The molecule has 2 aromatic carbocycles. The van der Waals surface area contributed by atoms with Crippen molar-refractivity contribution in [1.82, 2.24) is 20.4 Å². The van der Waals surface area contributed by atoms with E-state index < -0.39 is 35.1 Å². The first-order valence-electron chi connectivity index (χ1n) is 11.8. The summed E-state index contributed by atoms with van der Waals surface area (Å²) in [6.45, 7) is 6.12. The normalized spacial score (nSPS) is 13.4. The van der Waals surface area contributed by atoms with Crippen molar-refractivity contribution in [2.45, 2.75) is 52.2 Å². The predicted octanol–water partition coefficient (Wildman–Crippen LogP) is 2.91. The summed E-state index contributed by atoms with van der Waals surface area (Å²) < 4.78 is 16.1. The molecule has 1 aromatic heterocycles. The van der Waals surface area contributed by atoms with Gasteiger partial charge in [0.15, 0.2) is 5.69 Å². The van der Waals surface area contributed by atoms with E-state index in [1.54, 1.807) is 6.07 Å². The summed E-state index contributed by atoms with van der Waals surface area (Å²) in [4.78, 5) is 26.6. The number of para-hydroxylation sites is 1. The quantitative estimate of drug-likeness (QED) is 0.330. The number of fused-ring (bicyclic) bond motifs is 1. The highest BCUT2D eigenvalue weighted by Crippen LogP contribution is 2.25. The highest BCUT2D eigenvalue weighted by Gasteiger charge is 2.35. The van der Waals surface area contributed by atoms with E-state index in [0.717, 1.165) is 12.0 Å². The van der Waals surface area contributed by atoms with Gasteiger partial charge >= 0.3 is 0 Å². The lowest BCUT2D eigenvalue weighted by Gasteiger charge is -2.31. The Morgan fingerprint density at radius 1 is 1.09 bits per heavy atom. The maximum atomic E-state index is 14.7. The number of aliphatic hydroxyl groups is 1. The number of nitrogens with one attached hydrogen (secondary N) is 2. The molecule has 0 saturated heterocycles. The first kappa shape index (κ1) is 26.3. The number of carbonyl (C=O) groups is 2. The molecule has 2 amide bonds. The maximum Gasteiger partial charge on any atom is 0.273 e. The van der Waals surface area contributed by atoms with Crippen LogP contribution in [0.15, 0.2) is 48.5 Å². The third-order valence-electron chi connectivity index (χ3n) is 5.86. The molecule has 5 N–H and O–H groups in total. The van der Waals surface area contributed by atoms with Gasteiger partial charge in [-0.3, -0.25) is 14.3 Å². The number of aryl methyl sites for hydroxylation is 1. The average molecular weight is 484 g/mol. The Balaban J connectivity index is 1.87. The fraction of sp³-hybridized carbons (Fsp3) is 0.423. The molecule has 0 saturated carbocycles. The molecule has 2 atom stereocenters. The van der Waals surface area contributed by atoms with E-state index in [1.165, 1.54) is 16.8 Å². The van der Waals surface area contributed by atoms with Gasteiger partial charge in [-0.25, -0.2) is 4.39 Å². The molecule has 0 spiro atoms. The molecular weight excluding hydrogens is 449 g/mol. The Hall–Kier alpha value is -3.30. The van der Waals surface area contributed by atoms with Crippen LogP contribution in [0.1, 0.15) is 55.7 Å². The maximum absolute atomic E-state index is 14.7. The monoisotopic (exact) mass is 483 g/mol. The second-order valence-electron chi connectivity index (χ2n) is 9.63. The van der Waals surface area contributed by atoms with Crippen molar-refractivity contribution in [2.75, 3.05) is 13.2 Å². The summed E-state index contributed by atoms with van der Waals surface area (Å²) in [5.74, 6) is -1.49. The van der Waals surface area contributed by atoms with Gasteiger partial charge in [-0.2, -0.15) is 5.10 Å². The number of hydrogen-bond acceptors (Lipinski definition) is 5. The molecule has 0 fully saturated rings. The molecular formula is C26H34FN5O3. The summed E-state index contributed by atoms with van der Waals surface area (Å²) in [6, 6.07) is 12.1. The molecule has 188 valence electrons. The fourth-order valence-electron chi connectivity index (χ4n) is 3.98. The van der Waals surface area contributed by atoms with E-state index in [4.69, 9.17) is 5.73 Å². The molecule has 0 aliphatic heterocycles. The number of halogens is 1. The van der Waals surface area contributed by atoms with Crippen molar-refractivity contribution < 1.29 is 19.1 Å². The van der Waals surface area contributed by atoms with Crippen LogP contribution in [0.2, 0.25) is 0 Å². The van der Waals surface area contributed by atoms with Gasteiger partial charge in [0.25, 0.3) is 5.91 Å². The minimum atomic E-state index is -0.932. The second kappa shape index (κ2) is 11.4. The van der Waals surface area contributed by atoms with Gasteiger partial charge in [0, 0.05) is 11.9 Å². The number of amides is 2. The number of aliphatic hydroxyl groups excluding tert-OH is 1. The number of rotatable bonds is 10. The Morgan fingerprint density at radius 2 is 1.80 bits per heavy atom. The van der Waals surface area contributed by atoms with Crippen molar-refractivity contribution in [1.29, 1.82) is 0 Å². The summed E-state index contributed by atoms with van der Waals surface area (Å²) in [6.07, 6.45) is 1.44. The lowest BCUT2D eigenvalue weighted by Crippen LogP contribution is -2.54. The van der Waals surface area contributed by atoms with E-state index in [2.05, 4.69) is 15.7 Å². The number of carbonyl (C=O) groups excluding carboxylic acids is 2. The second-order valence-corrected chi connectivity index (χ2v) is 9.63. The standard InChI is InChI=1S/C26H34FN5O3/c1-26(2,3)23(25(35)29-20(16-33)17-10-5-4-6-11-17)30-24(34)21-18-12-9-13-19(27)22(18)32(31-21)15-8-7-14-28/h4-6,9-13,20,23,33H,7-8,14-16,28H2,1-3H3,(H,29,35)(H,30,34)/t20-,23?/m0/s1. The van der Waals surface area contributed by atoms with Gasteiger partial charge in [-0.05, 0) is 36.4 Å². The lowest BCUT2D eigenvalue weighted by atomic mass is 9.85. The van der Waals surface area contributed by atoms with E-state index >= 15 is 0 Å². The van der Waals surface area contributed by atoms with Crippen LogP contribution >= 0.6 is 0 Å². The van der Waals surface area contributed by atoms with Crippen molar-refractivity contribution in [3.63, 3.8) is 0 Å². The topological polar surface area (TPSA) is 122 Å². The first-order valence-corrected chi connectivity index (χ1v) is 11.8. The third-order valence-corrected chi connectivity index (χ3v) is 5.86. The van der Waals surface area contributed by atoms with Crippen LogP contribution in [0, 0.1) is 11.2 Å². The minimum absolute atomic E-state index is 0.0519. The lowest BCUT2D eigenvalue weighted by molar-refractivity contribution is -0.126. The summed E-state index contributed by atoms with van der Waals surface area (Å²) in [5, 5.41) is 20.2. The highest BCUT2D eigenvalue weighted by atomic mass is 19.1. The number of hydrogen-bond donors (Lipinski definition) is 4. The van der Waals surface area contributed by atoms with Gasteiger partial charge in [0.2, 0.25) is 5.91 Å². The third kappa shape index (κ3) is 6.23. The average Bonchev–Trinajstić information content (AvgIpc) is 3.20. The SMILES string of the molecule is CC(C)(C)C(NC(=O)c1nn(CCCCN)c2c(F)cccc12)C(=O)N[C@@H](CO)c1ccccc1. The number of aromatic nitrogens is 2. The van der Waals surface area contributed by atoms with Gasteiger partial charge < -0.3 is 21.5 Å². The molecule has 0 aliphatic rings. The van der Waals surface area contributed by atoms with Crippen LogP contribution in [0.25, 0.3) is 10.9 Å². The molecule has 8 nitrogen and oxygen atoms in total. The summed E-state index contributed by atoms with van der Waals surface area (Å²) in [5.41, 5.74) is 5.97. The largest absolute Gasteiger partial charge is 0.394 e. The molecule has 0 radical (unpaired) electrons. The van der Waals surface area contributed by atoms with Gasteiger partial charge in [0.05, 0.1) is 12.6 Å². The molecule has 3 aromatic rings. The highest BCUT2D eigenvalue weighted by molar-refractivity contribution is 6.06. The summed E-state index contributed by atoms with van der Waals surface area (Å²) in [7, 11) is 0. The smallest absolute Gasteiger partial charge is 0.273 e. The van der Waals surface area contributed by atoms with Crippen LogP contribution in [-0.4, -0.2) is 45.9 Å². The van der Waals surface area contributed by atoms with E-state index in [9.17, 15) is 19.1 Å². The zero-order valence-electron chi connectivity index (χ0n) is 20.4. The van der Waals surface area contributed by atoms with Crippen molar-refractivity contribution >= 4 is 22.7 Å². The Kier molecular flexibility index (Phi) is 8.58. The molecule has 0 bridgehead atoms. The van der Waals surface area contributed by atoms with Gasteiger partial charge in [-0.1, -0.05) is 63.2 Å². The number of nitrogens with zero attached hydrogens (tertiary/aromatic N) is 2. The summed E-state index contributed by atoms with van der Waals surface area (Å²) >= 11 is 0. The van der Waals surface area contributed by atoms with Crippen LogP contribution in [-0.2, 0) is 11.3 Å². The van der Waals surface area contributed by atoms with Crippen LogP contribution in [0.5, 0.6) is 0 Å². The molecule has 0 aliphatic carbocycles. The zero-order valence-corrected chi connectivity index (χ0v) is 20.4. The van der Waals surface area contributed by atoms with E-state index in [-0.39, 0.29) is 17.8 Å².